The molecule has 22 heavy (non-hydrogen) atoms. The van der Waals surface area contributed by atoms with Gasteiger partial charge in [-0.3, -0.25) is 0 Å². The average molecular weight is 377 g/mol. The summed E-state index contributed by atoms with van der Waals surface area (Å²) in [4.78, 5) is 4.47. The largest absolute Gasteiger partial charge is 0.454 e. The molecule has 0 N–H and O–H groups in total. The fraction of sp³-hybridized carbons (Fsp3) is 0.118. The van der Waals surface area contributed by atoms with E-state index in [2.05, 4.69) is 27.0 Å². The summed E-state index contributed by atoms with van der Waals surface area (Å²) in [6.45, 7) is 0.283. The quantitative estimate of drug-likeness (QED) is 0.592. The molecule has 5 heteroatoms. The monoisotopic (exact) mass is 375 g/mol. The van der Waals surface area contributed by atoms with Gasteiger partial charge in [-0.1, -0.05) is 33.6 Å². The second kappa shape index (κ2) is 5.45. The highest BCUT2D eigenvalue weighted by atomic mass is 79.9. The van der Waals surface area contributed by atoms with Gasteiger partial charge in [0.25, 0.3) is 0 Å². The van der Waals surface area contributed by atoms with Gasteiger partial charge in [0.05, 0.1) is 5.52 Å². The van der Waals surface area contributed by atoms with Crippen molar-refractivity contribution >= 4 is 38.4 Å². The minimum absolute atomic E-state index is 0.283. The van der Waals surface area contributed by atoms with E-state index in [4.69, 9.17) is 21.1 Å². The molecule has 3 nitrogen and oxygen atoms in total. The van der Waals surface area contributed by atoms with Crippen molar-refractivity contribution in [2.75, 3.05) is 6.79 Å². The van der Waals surface area contributed by atoms with E-state index >= 15 is 0 Å². The van der Waals surface area contributed by atoms with Crippen molar-refractivity contribution in [2.45, 2.75) is 6.42 Å². The van der Waals surface area contributed by atoms with E-state index in [0.29, 0.717) is 11.6 Å². The Balaban J connectivity index is 1.73. The highest BCUT2D eigenvalue weighted by Crippen LogP contribution is 2.34. The summed E-state index contributed by atoms with van der Waals surface area (Å²) in [7, 11) is 0. The Morgan fingerprint density at radius 2 is 1.91 bits per heavy atom. The first-order valence-electron chi connectivity index (χ1n) is 6.82. The van der Waals surface area contributed by atoms with Crippen molar-refractivity contribution in [1.82, 2.24) is 4.98 Å². The molecular formula is C17H11BrClNO2. The Morgan fingerprint density at radius 1 is 1.05 bits per heavy atom. The lowest BCUT2D eigenvalue weighted by Crippen LogP contribution is -1.94. The number of pyridine rings is 1. The van der Waals surface area contributed by atoms with Crippen LogP contribution in [0.15, 0.2) is 46.9 Å². The number of halogens is 2. The zero-order chi connectivity index (χ0) is 15.1. The normalized spacial score (nSPS) is 12.8. The van der Waals surface area contributed by atoms with Gasteiger partial charge in [0.2, 0.25) is 6.79 Å². The fourth-order valence-electron chi connectivity index (χ4n) is 2.56. The van der Waals surface area contributed by atoms with Crippen LogP contribution in [0.5, 0.6) is 11.5 Å². The Labute approximate surface area is 141 Å². The average Bonchev–Trinajstić information content (AvgIpc) is 2.96. The molecule has 0 aliphatic carbocycles. The van der Waals surface area contributed by atoms with Crippen LogP contribution in [0, 0.1) is 0 Å². The first kappa shape index (κ1) is 13.9. The molecule has 1 aromatic heterocycles. The molecule has 0 spiro atoms. The van der Waals surface area contributed by atoms with Gasteiger partial charge < -0.3 is 9.47 Å². The maximum absolute atomic E-state index is 6.33. The van der Waals surface area contributed by atoms with Gasteiger partial charge in [-0.05, 0) is 47.5 Å². The van der Waals surface area contributed by atoms with Crippen molar-refractivity contribution in [2.24, 2.45) is 0 Å². The molecule has 4 rings (SSSR count). The smallest absolute Gasteiger partial charge is 0.231 e. The Kier molecular flexibility index (Phi) is 3.43. The summed E-state index contributed by atoms with van der Waals surface area (Å²) in [5.74, 6) is 1.57. The number of aromatic nitrogens is 1. The molecule has 0 radical (unpaired) electrons. The first-order chi connectivity index (χ1) is 10.7. The maximum Gasteiger partial charge on any atom is 0.231 e. The molecule has 0 saturated carbocycles. The maximum atomic E-state index is 6.33. The summed E-state index contributed by atoms with van der Waals surface area (Å²) in [5, 5.41) is 1.60. The number of rotatable bonds is 2. The van der Waals surface area contributed by atoms with E-state index in [0.717, 1.165) is 38.0 Å². The predicted octanol–water partition coefficient (Wildman–Crippen LogP) is 4.97. The van der Waals surface area contributed by atoms with Crippen molar-refractivity contribution < 1.29 is 9.47 Å². The summed E-state index contributed by atoms with van der Waals surface area (Å²) in [6, 6.07) is 14.0. The van der Waals surface area contributed by atoms with Crippen LogP contribution in [-0.4, -0.2) is 11.8 Å². The van der Waals surface area contributed by atoms with Gasteiger partial charge in [-0.15, -0.1) is 0 Å². The molecule has 0 amide bonds. The third-order valence-electron chi connectivity index (χ3n) is 3.63. The highest BCUT2D eigenvalue weighted by molar-refractivity contribution is 9.10. The van der Waals surface area contributed by atoms with Crippen LogP contribution in [0.2, 0.25) is 5.15 Å². The number of hydrogen-bond acceptors (Lipinski definition) is 3. The number of benzene rings is 2. The number of ether oxygens (including phenoxy) is 2. The summed E-state index contributed by atoms with van der Waals surface area (Å²) in [6.07, 6.45) is 0.699. The minimum atomic E-state index is 0.283. The third kappa shape index (κ3) is 2.53. The van der Waals surface area contributed by atoms with Gasteiger partial charge in [-0.2, -0.15) is 0 Å². The number of fused-ring (bicyclic) bond motifs is 2. The predicted molar refractivity (Wildman–Crippen MR) is 89.8 cm³/mol. The SMILES string of the molecule is Clc1nc2ccc(Br)cc2cc1Cc1ccc2c(c1)OCO2. The van der Waals surface area contributed by atoms with Gasteiger partial charge in [0, 0.05) is 16.3 Å². The topological polar surface area (TPSA) is 31.4 Å². The van der Waals surface area contributed by atoms with Crippen LogP contribution in [0.25, 0.3) is 10.9 Å². The standard InChI is InChI=1S/C17H11BrClNO2/c18-13-2-3-14-11(8-13)7-12(17(19)20-14)5-10-1-4-15-16(6-10)22-9-21-15/h1-4,6-8H,5,9H2. The number of nitrogens with zero attached hydrogens (tertiary/aromatic N) is 1. The lowest BCUT2D eigenvalue weighted by atomic mass is 10.0. The molecule has 0 fully saturated rings. The molecule has 110 valence electrons. The van der Waals surface area contributed by atoms with Crippen molar-refractivity contribution in [3.05, 3.63) is 63.2 Å². The lowest BCUT2D eigenvalue weighted by Gasteiger charge is -2.07. The van der Waals surface area contributed by atoms with Gasteiger partial charge in [-0.25, -0.2) is 4.98 Å². The molecule has 0 atom stereocenters. The molecule has 1 aliphatic rings. The Bertz CT molecular complexity index is 882. The fourth-order valence-corrected chi connectivity index (χ4v) is 3.15. The molecular weight excluding hydrogens is 366 g/mol. The molecule has 0 unspecified atom stereocenters. The van der Waals surface area contributed by atoms with Crippen LogP contribution in [0.3, 0.4) is 0 Å². The van der Waals surface area contributed by atoms with Crippen LogP contribution >= 0.6 is 27.5 Å². The van der Waals surface area contributed by atoms with Crippen molar-refractivity contribution in [1.29, 1.82) is 0 Å². The molecule has 1 aliphatic heterocycles. The second-order valence-electron chi connectivity index (χ2n) is 5.14. The van der Waals surface area contributed by atoms with Crippen LogP contribution < -0.4 is 9.47 Å². The van der Waals surface area contributed by atoms with E-state index in [-0.39, 0.29) is 6.79 Å². The Morgan fingerprint density at radius 3 is 2.82 bits per heavy atom. The van der Waals surface area contributed by atoms with Crippen molar-refractivity contribution in [3.8, 4) is 11.5 Å². The summed E-state index contributed by atoms with van der Waals surface area (Å²) in [5.41, 5.74) is 3.00. The molecule has 0 bridgehead atoms. The van der Waals surface area contributed by atoms with Crippen LogP contribution in [-0.2, 0) is 6.42 Å². The molecule has 2 heterocycles. The van der Waals surface area contributed by atoms with Gasteiger partial charge in [0.15, 0.2) is 11.5 Å². The van der Waals surface area contributed by atoms with Crippen molar-refractivity contribution in [3.63, 3.8) is 0 Å². The van der Waals surface area contributed by atoms with Gasteiger partial charge >= 0.3 is 0 Å². The lowest BCUT2D eigenvalue weighted by molar-refractivity contribution is 0.174. The zero-order valence-corrected chi connectivity index (χ0v) is 13.8. The Hall–Kier alpha value is -1.78. The highest BCUT2D eigenvalue weighted by Gasteiger charge is 2.14. The number of hydrogen-bond donors (Lipinski definition) is 0. The minimum Gasteiger partial charge on any atom is -0.454 e. The van der Waals surface area contributed by atoms with Crippen LogP contribution in [0.4, 0.5) is 0 Å². The molecule has 3 aromatic rings. The van der Waals surface area contributed by atoms with E-state index in [9.17, 15) is 0 Å². The van der Waals surface area contributed by atoms with E-state index < -0.39 is 0 Å². The first-order valence-corrected chi connectivity index (χ1v) is 7.99. The molecule has 2 aromatic carbocycles. The van der Waals surface area contributed by atoms with E-state index in [1.165, 1.54) is 0 Å². The van der Waals surface area contributed by atoms with Crippen LogP contribution in [0.1, 0.15) is 11.1 Å². The second-order valence-corrected chi connectivity index (χ2v) is 6.41. The van der Waals surface area contributed by atoms with E-state index in [1.807, 2.05) is 36.4 Å². The van der Waals surface area contributed by atoms with Gasteiger partial charge in [0.1, 0.15) is 5.15 Å². The summed E-state index contributed by atoms with van der Waals surface area (Å²) < 4.78 is 11.8. The zero-order valence-electron chi connectivity index (χ0n) is 11.5. The third-order valence-corrected chi connectivity index (χ3v) is 4.45. The van der Waals surface area contributed by atoms with E-state index in [1.54, 1.807) is 0 Å². The summed E-state index contributed by atoms with van der Waals surface area (Å²) >= 11 is 9.82. The molecule has 0 saturated heterocycles.